The van der Waals surface area contributed by atoms with Crippen molar-refractivity contribution in [1.82, 2.24) is 15.2 Å². The summed E-state index contributed by atoms with van der Waals surface area (Å²) < 4.78 is 26.2. The second-order valence-electron chi connectivity index (χ2n) is 4.29. The van der Waals surface area contributed by atoms with Crippen molar-refractivity contribution in [1.29, 1.82) is 0 Å². The summed E-state index contributed by atoms with van der Waals surface area (Å²) in [5.41, 5.74) is 0. The number of nitrogens with zero attached hydrogens (tertiary/aromatic N) is 2. The number of thiazole rings is 1. The van der Waals surface area contributed by atoms with Gasteiger partial charge in [-0.1, -0.05) is 0 Å². The summed E-state index contributed by atoms with van der Waals surface area (Å²) in [6.07, 6.45) is 1.67. The number of aromatic nitrogens is 1. The third-order valence-corrected chi connectivity index (χ3v) is 4.93. The molecule has 1 aromatic heterocycles. The molecule has 0 unspecified atom stereocenters. The minimum absolute atomic E-state index is 0.117. The molecule has 8 heteroatoms. The molecule has 0 bridgehead atoms. The zero-order chi connectivity index (χ0) is 13.0. The van der Waals surface area contributed by atoms with Gasteiger partial charge >= 0.3 is 0 Å². The first kappa shape index (κ1) is 13.7. The Bertz CT molecular complexity index is 480. The van der Waals surface area contributed by atoms with E-state index in [9.17, 15) is 8.42 Å². The lowest BCUT2D eigenvalue weighted by Gasteiger charge is -2.26. The second kappa shape index (κ2) is 5.96. The molecule has 1 aromatic rings. The van der Waals surface area contributed by atoms with E-state index in [1.165, 1.54) is 11.3 Å². The van der Waals surface area contributed by atoms with Crippen molar-refractivity contribution in [3.05, 3.63) is 11.1 Å². The number of aryl methyl sites for hydroxylation is 1. The maximum Gasteiger partial charge on any atom is 0.235 e. The number of hydrogen-bond donors (Lipinski definition) is 2. The van der Waals surface area contributed by atoms with Crippen LogP contribution in [0.25, 0.3) is 0 Å². The van der Waals surface area contributed by atoms with E-state index in [4.69, 9.17) is 0 Å². The Balaban J connectivity index is 1.83. The lowest BCUT2D eigenvalue weighted by Crippen LogP contribution is -2.45. The SMILES string of the molecule is Cc1cnc(NS(=O)(=O)CCN2CCNCC2)s1. The number of sulfonamides is 1. The zero-order valence-corrected chi connectivity index (χ0v) is 12.0. The van der Waals surface area contributed by atoms with Crippen molar-refractivity contribution >= 4 is 26.5 Å². The van der Waals surface area contributed by atoms with Crippen LogP contribution < -0.4 is 10.0 Å². The first-order valence-corrected chi connectivity index (χ1v) is 8.38. The Morgan fingerprint density at radius 1 is 1.50 bits per heavy atom. The van der Waals surface area contributed by atoms with Gasteiger partial charge in [0.25, 0.3) is 0 Å². The molecule has 0 aliphatic carbocycles. The molecule has 0 radical (unpaired) electrons. The van der Waals surface area contributed by atoms with Gasteiger partial charge in [-0.05, 0) is 6.92 Å². The summed E-state index contributed by atoms with van der Waals surface area (Å²) in [5, 5.41) is 3.69. The Morgan fingerprint density at radius 3 is 2.83 bits per heavy atom. The Hall–Kier alpha value is -0.700. The van der Waals surface area contributed by atoms with Crippen LogP contribution in [-0.2, 0) is 10.0 Å². The molecule has 6 nitrogen and oxygen atoms in total. The number of anilines is 1. The Morgan fingerprint density at radius 2 is 2.22 bits per heavy atom. The molecule has 0 aromatic carbocycles. The van der Waals surface area contributed by atoms with E-state index < -0.39 is 10.0 Å². The molecule has 2 heterocycles. The molecule has 0 spiro atoms. The summed E-state index contributed by atoms with van der Waals surface area (Å²) in [5.74, 6) is 0.117. The van der Waals surface area contributed by atoms with Crippen LogP contribution in [0.3, 0.4) is 0 Å². The van der Waals surface area contributed by atoms with Gasteiger partial charge in [-0.2, -0.15) is 0 Å². The number of piperazine rings is 1. The fraction of sp³-hybridized carbons (Fsp3) is 0.700. The van der Waals surface area contributed by atoms with E-state index in [1.807, 2.05) is 6.92 Å². The minimum atomic E-state index is -3.28. The smallest absolute Gasteiger partial charge is 0.235 e. The maximum atomic E-state index is 11.9. The fourth-order valence-electron chi connectivity index (χ4n) is 1.77. The van der Waals surface area contributed by atoms with Crippen LogP contribution in [0.2, 0.25) is 0 Å². The summed E-state index contributed by atoms with van der Waals surface area (Å²) in [4.78, 5) is 7.15. The monoisotopic (exact) mass is 290 g/mol. The summed E-state index contributed by atoms with van der Waals surface area (Å²) in [7, 11) is -3.28. The highest BCUT2D eigenvalue weighted by atomic mass is 32.2. The van der Waals surface area contributed by atoms with E-state index >= 15 is 0 Å². The second-order valence-corrected chi connectivity index (χ2v) is 7.37. The third kappa shape index (κ3) is 4.20. The minimum Gasteiger partial charge on any atom is -0.314 e. The van der Waals surface area contributed by atoms with Gasteiger partial charge in [0, 0.05) is 43.8 Å². The zero-order valence-electron chi connectivity index (χ0n) is 10.3. The van der Waals surface area contributed by atoms with Crippen LogP contribution in [0.15, 0.2) is 6.20 Å². The Kier molecular flexibility index (Phi) is 4.55. The van der Waals surface area contributed by atoms with Crippen molar-refractivity contribution in [2.45, 2.75) is 6.92 Å². The van der Waals surface area contributed by atoms with Crippen LogP contribution in [0, 0.1) is 6.92 Å². The van der Waals surface area contributed by atoms with Gasteiger partial charge in [-0.3, -0.25) is 9.62 Å². The molecule has 102 valence electrons. The van der Waals surface area contributed by atoms with Gasteiger partial charge in [-0.15, -0.1) is 11.3 Å². The standard InChI is InChI=1S/C10H18N4O2S2/c1-9-8-12-10(17-9)13-18(15,16)7-6-14-4-2-11-3-5-14/h8,11H,2-7H2,1H3,(H,12,13). The van der Waals surface area contributed by atoms with E-state index in [0.717, 1.165) is 31.1 Å². The number of nitrogens with one attached hydrogen (secondary N) is 2. The highest BCUT2D eigenvalue weighted by Gasteiger charge is 2.16. The molecule has 2 rings (SSSR count). The predicted octanol–water partition coefficient (Wildman–Crippen LogP) is 0.0984. The fourth-order valence-corrected chi connectivity index (χ4v) is 3.75. The van der Waals surface area contributed by atoms with Gasteiger partial charge in [-0.25, -0.2) is 13.4 Å². The third-order valence-electron chi connectivity index (χ3n) is 2.75. The highest BCUT2D eigenvalue weighted by molar-refractivity contribution is 7.92. The molecule has 2 N–H and O–H groups in total. The van der Waals surface area contributed by atoms with Crippen molar-refractivity contribution in [2.24, 2.45) is 0 Å². The lowest BCUT2D eigenvalue weighted by molar-refractivity contribution is 0.254. The van der Waals surface area contributed by atoms with Crippen molar-refractivity contribution in [3.63, 3.8) is 0 Å². The Labute approximate surface area is 111 Å². The molecule has 1 saturated heterocycles. The van der Waals surface area contributed by atoms with Crippen LogP contribution >= 0.6 is 11.3 Å². The average molecular weight is 290 g/mol. The average Bonchev–Trinajstić information content (AvgIpc) is 2.73. The van der Waals surface area contributed by atoms with Crippen molar-refractivity contribution in [2.75, 3.05) is 43.2 Å². The first-order chi connectivity index (χ1) is 8.55. The topological polar surface area (TPSA) is 74.3 Å². The normalized spacial score (nSPS) is 17.8. The molecule has 18 heavy (non-hydrogen) atoms. The van der Waals surface area contributed by atoms with Gasteiger partial charge in [0.15, 0.2) is 5.13 Å². The molecular weight excluding hydrogens is 272 g/mol. The molecule has 0 amide bonds. The van der Waals surface area contributed by atoms with Crippen LogP contribution in [0.4, 0.5) is 5.13 Å². The van der Waals surface area contributed by atoms with Crippen LogP contribution in [0.5, 0.6) is 0 Å². The molecule has 1 aliphatic heterocycles. The van der Waals surface area contributed by atoms with Crippen LogP contribution in [-0.4, -0.2) is 56.8 Å². The maximum absolute atomic E-state index is 11.9. The van der Waals surface area contributed by atoms with E-state index in [1.54, 1.807) is 6.20 Å². The van der Waals surface area contributed by atoms with E-state index in [0.29, 0.717) is 11.7 Å². The van der Waals surface area contributed by atoms with Gasteiger partial charge in [0.1, 0.15) is 0 Å². The largest absolute Gasteiger partial charge is 0.314 e. The highest BCUT2D eigenvalue weighted by Crippen LogP contribution is 2.17. The summed E-state index contributed by atoms with van der Waals surface area (Å²) in [6, 6.07) is 0. The van der Waals surface area contributed by atoms with Crippen molar-refractivity contribution in [3.8, 4) is 0 Å². The van der Waals surface area contributed by atoms with E-state index in [-0.39, 0.29) is 5.75 Å². The van der Waals surface area contributed by atoms with Gasteiger partial charge in [0.05, 0.1) is 5.75 Å². The van der Waals surface area contributed by atoms with Gasteiger partial charge in [0.2, 0.25) is 10.0 Å². The predicted molar refractivity (Wildman–Crippen MR) is 73.6 cm³/mol. The quantitative estimate of drug-likeness (QED) is 0.804. The lowest BCUT2D eigenvalue weighted by atomic mass is 10.4. The summed E-state index contributed by atoms with van der Waals surface area (Å²) in [6.45, 7) is 6.15. The molecule has 0 atom stereocenters. The van der Waals surface area contributed by atoms with E-state index in [2.05, 4.69) is 19.9 Å². The summed E-state index contributed by atoms with van der Waals surface area (Å²) >= 11 is 1.35. The molecule has 1 aliphatic rings. The number of hydrogen-bond acceptors (Lipinski definition) is 6. The molecule has 1 fully saturated rings. The van der Waals surface area contributed by atoms with Gasteiger partial charge < -0.3 is 5.32 Å². The van der Waals surface area contributed by atoms with Crippen LogP contribution in [0.1, 0.15) is 4.88 Å². The molecule has 0 saturated carbocycles. The van der Waals surface area contributed by atoms with Crippen molar-refractivity contribution < 1.29 is 8.42 Å². The first-order valence-electron chi connectivity index (χ1n) is 5.91. The molecular formula is C10H18N4O2S2. The number of rotatable bonds is 5.